The van der Waals surface area contributed by atoms with Gasteiger partial charge in [0.05, 0.1) is 4.99 Å². The van der Waals surface area contributed by atoms with Crippen LogP contribution < -0.4 is 10.6 Å². The third kappa shape index (κ3) is 2.12. The summed E-state index contributed by atoms with van der Waals surface area (Å²) in [5, 5.41) is 0. The molecule has 0 fully saturated rings. The number of nitrogens with two attached hydrogens (primary N) is 1. The van der Waals surface area contributed by atoms with E-state index in [1.807, 2.05) is 0 Å². The van der Waals surface area contributed by atoms with Gasteiger partial charge in [0.15, 0.2) is 0 Å². The third-order valence-electron chi connectivity index (χ3n) is 2.95. The van der Waals surface area contributed by atoms with E-state index >= 15 is 0 Å². The fourth-order valence-electron chi connectivity index (χ4n) is 2.22. The number of anilines is 1. The normalized spacial score (nSPS) is 16.2. The minimum atomic E-state index is 0.408. The molecule has 2 rings (SSSR count). The van der Waals surface area contributed by atoms with Gasteiger partial charge in [-0.1, -0.05) is 30.4 Å². The summed E-state index contributed by atoms with van der Waals surface area (Å²) in [5.41, 5.74) is 8.37. The first-order valence-corrected chi connectivity index (χ1v) is 5.72. The summed E-state index contributed by atoms with van der Waals surface area (Å²) in [4.78, 5) is 3.00. The minimum absolute atomic E-state index is 0.408. The van der Waals surface area contributed by atoms with Crippen LogP contribution in [-0.4, -0.2) is 17.6 Å². The maximum atomic E-state index is 5.59. The second-order valence-corrected chi connectivity index (χ2v) is 4.62. The highest BCUT2D eigenvalue weighted by Crippen LogP contribution is 2.29. The molecule has 80 valence electrons. The summed E-state index contributed by atoms with van der Waals surface area (Å²) < 4.78 is 0. The first-order chi connectivity index (χ1) is 7.18. The summed E-state index contributed by atoms with van der Waals surface area (Å²) in [6.07, 6.45) is 1.93. The van der Waals surface area contributed by atoms with Crippen LogP contribution in [0.15, 0.2) is 24.3 Å². The average molecular weight is 220 g/mol. The predicted molar refractivity (Wildman–Crippen MR) is 68.4 cm³/mol. The number of hydrogen-bond acceptors (Lipinski definition) is 2. The van der Waals surface area contributed by atoms with Crippen molar-refractivity contribution in [1.82, 2.24) is 0 Å². The van der Waals surface area contributed by atoms with Crippen molar-refractivity contribution in [2.45, 2.75) is 25.8 Å². The van der Waals surface area contributed by atoms with Gasteiger partial charge in [0.1, 0.15) is 0 Å². The molecule has 1 atom stereocenters. The van der Waals surface area contributed by atoms with E-state index in [9.17, 15) is 0 Å². The number of para-hydroxylation sites is 1. The Morgan fingerprint density at radius 2 is 2.27 bits per heavy atom. The lowest BCUT2D eigenvalue weighted by molar-refractivity contribution is 0.678. The molecule has 2 nitrogen and oxygen atoms in total. The molecule has 15 heavy (non-hydrogen) atoms. The average Bonchev–Trinajstić information content (AvgIpc) is 2.59. The lowest BCUT2D eigenvalue weighted by Crippen LogP contribution is -2.34. The molecule has 0 aliphatic carbocycles. The van der Waals surface area contributed by atoms with E-state index in [4.69, 9.17) is 18.0 Å². The molecule has 1 aliphatic rings. The standard InChI is InChI=1S/C12H16N2S/c1-9(8-12(13)15)14-7-6-10-4-2-3-5-11(10)14/h2-5,9H,6-8H2,1H3,(H2,13,15). The zero-order valence-corrected chi connectivity index (χ0v) is 9.76. The van der Waals surface area contributed by atoms with Crippen LogP contribution in [0, 0.1) is 0 Å². The Morgan fingerprint density at radius 1 is 1.53 bits per heavy atom. The van der Waals surface area contributed by atoms with Crippen molar-refractivity contribution in [1.29, 1.82) is 0 Å². The van der Waals surface area contributed by atoms with E-state index in [-0.39, 0.29) is 0 Å². The highest BCUT2D eigenvalue weighted by atomic mass is 32.1. The summed E-state index contributed by atoms with van der Waals surface area (Å²) in [6.45, 7) is 3.27. The largest absolute Gasteiger partial charge is 0.393 e. The van der Waals surface area contributed by atoms with Gasteiger partial charge in [0, 0.05) is 24.7 Å². The molecule has 1 heterocycles. The van der Waals surface area contributed by atoms with Gasteiger partial charge in [0.2, 0.25) is 0 Å². The molecule has 0 amide bonds. The van der Waals surface area contributed by atoms with Crippen LogP contribution in [0.3, 0.4) is 0 Å². The summed E-state index contributed by atoms with van der Waals surface area (Å²) in [7, 11) is 0. The molecule has 1 aromatic carbocycles. The van der Waals surface area contributed by atoms with Crippen molar-refractivity contribution in [3.05, 3.63) is 29.8 Å². The molecule has 1 aromatic rings. The van der Waals surface area contributed by atoms with E-state index in [1.165, 1.54) is 11.3 Å². The van der Waals surface area contributed by atoms with E-state index < -0.39 is 0 Å². The molecule has 1 unspecified atom stereocenters. The molecular formula is C12H16N2S. The number of nitrogens with zero attached hydrogens (tertiary/aromatic N) is 1. The van der Waals surface area contributed by atoms with Crippen LogP contribution in [0.2, 0.25) is 0 Å². The molecule has 3 heteroatoms. The zero-order valence-electron chi connectivity index (χ0n) is 8.94. The van der Waals surface area contributed by atoms with Gasteiger partial charge in [-0.05, 0) is 25.0 Å². The Bertz CT molecular complexity index is 376. The van der Waals surface area contributed by atoms with Crippen LogP contribution in [0.1, 0.15) is 18.9 Å². The molecule has 0 saturated carbocycles. The lowest BCUT2D eigenvalue weighted by atomic mass is 10.1. The third-order valence-corrected chi connectivity index (χ3v) is 3.12. The van der Waals surface area contributed by atoms with Gasteiger partial charge in [-0.2, -0.15) is 0 Å². The molecule has 0 spiro atoms. The SMILES string of the molecule is CC(CC(N)=S)N1CCc2ccccc21. The first-order valence-electron chi connectivity index (χ1n) is 5.31. The maximum Gasteiger partial charge on any atom is 0.0747 e. The quantitative estimate of drug-likeness (QED) is 0.791. The molecule has 0 radical (unpaired) electrons. The fraction of sp³-hybridized carbons (Fsp3) is 0.417. The van der Waals surface area contributed by atoms with E-state index in [0.29, 0.717) is 11.0 Å². The van der Waals surface area contributed by atoms with Crippen LogP contribution in [-0.2, 0) is 6.42 Å². The number of thiocarbonyl (C=S) groups is 1. The fourth-order valence-corrected chi connectivity index (χ4v) is 2.46. The number of fused-ring (bicyclic) bond motifs is 1. The Kier molecular flexibility index (Phi) is 2.91. The van der Waals surface area contributed by atoms with Crippen LogP contribution >= 0.6 is 12.2 Å². The second-order valence-electron chi connectivity index (χ2n) is 4.09. The van der Waals surface area contributed by atoms with Gasteiger partial charge in [-0.15, -0.1) is 0 Å². The molecular weight excluding hydrogens is 204 g/mol. The highest BCUT2D eigenvalue weighted by Gasteiger charge is 2.22. The smallest absolute Gasteiger partial charge is 0.0747 e. The summed E-state index contributed by atoms with van der Waals surface area (Å²) in [5.74, 6) is 0. The van der Waals surface area contributed by atoms with Crippen LogP contribution in [0.5, 0.6) is 0 Å². The van der Waals surface area contributed by atoms with Crippen molar-refractivity contribution in [3.8, 4) is 0 Å². The van der Waals surface area contributed by atoms with Gasteiger partial charge >= 0.3 is 0 Å². The maximum absolute atomic E-state index is 5.59. The number of benzene rings is 1. The summed E-state index contributed by atoms with van der Waals surface area (Å²) >= 11 is 4.96. The van der Waals surface area contributed by atoms with Crippen LogP contribution in [0.25, 0.3) is 0 Å². The Labute approximate surface area is 96.1 Å². The Balaban J connectivity index is 2.16. The molecule has 0 saturated heterocycles. The van der Waals surface area contributed by atoms with E-state index in [2.05, 4.69) is 36.1 Å². The monoisotopic (exact) mass is 220 g/mol. The van der Waals surface area contributed by atoms with Crippen molar-refractivity contribution in [3.63, 3.8) is 0 Å². The summed E-state index contributed by atoms with van der Waals surface area (Å²) in [6, 6.07) is 8.97. The van der Waals surface area contributed by atoms with Gasteiger partial charge < -0.3 is 10.6 Å². The Morgan fingerprint density at radius 3 is 3.00 bits per heavy atom. The zero-order chi connectivity index (χ0) is 10.8. The van der Waals surface area contributed by atoms with Crippen LogP contribution in [0.4, 0.5) is 5.69 Å². The van der Waals surface area contributed by atoms with E-state index in [1.54, 1.807) is 0 Å². The number of hydrogen-bond donors (Lipinski definition) is 1. The molecule has 0 aromatic heterocycles. The van der Waals surface area contributed by atoms with Gasteiger partial charge in [-0.3, -0.25) is 0 Å². The van der Waals surface area contributed by atoms with Crippen molar-refractivity contribution in [2.24, 2.45) is 5.73 Å². The second kappa shape index (κ2) is 4.19. The van der Waals surface area contributed by atoms with E-state index in [0.717, 1.165) is 19.4 Å². The highest BCUT2D eigenvalue weighted by molar-refractivity contribution is 7.80. The topological polar surface area (TPSA) is 29.3 Å². The van der Waals surface area contributed by atoms with Crippen molar-refractivity contribution < 1.29 is 0 Å². The minimum Gasteiger partial charge on any atom is -0.393 e. The first kappa shape index (κ1) is 10.4. The van der Waals surface area contributed by atoms with Crippen molar-refractivity contribution >= 4 is 22.9 Å². The van der Waals surface area contributed by atoms with Crippen molar-refractivity contribution in [2.75, 3.05) is 11.4 Å². The molecule has 2 N–H and O–H groups in total. The van der Waals surface area contributed by atoms with Gasteiger partial charge in [0.25, 0.3) is 0 Å². The number of rotatable bonds is 3. The predicted octanol–water partition coefficient (Wildman–Crippen LogP) is 2.11. The molecule has 0 bridgehead atoms. The molecule has 1 aliphatic heterocycles. The van der Waals surface area contributed by atoms with Gasteiger partial charge in [-0.25, -0.2) is 0 Å². The Hall–Kier alpha value is -1.09. The lowest BCUT2D eigenvalue weighted by Gasteiger charge is -2.26.